The molecule has 0 radical (unpaired) electrons. The summed E-state index contributed by atoms with van der Waals surface area (Å²) in [6.45, 7) is 4.33. The Morgan fingerprint density at radius 3 is 2.50 bits per heavy atom. The monoisotopic (exact) mass is 402 g/mol. The molecule has 0 unspecified atom stereocenters. The van der Waals surface area contributed by atoms with Crippen molar-refractivity contribution in [2.75, 3.05) is 5.32 Å². The zero-order valence-electron chi connectivity index (χ0n) is 17.1. The zero-order chi connectivity index (χ0) is 21.1. The number of benzene rings is 2. The van der Waals surface area contributed by atoms with E-state index in [1.807, 2.05) is 55.6 Å². The summed E-state index contributed by atoms with van der Waals surface area (Å²) in [4.78, 5) is 8.61. The molecular formula is C24H26N4O2. The van der Waals surface area contributed by atoms with Gasteiger partial charge in [0.25, 0.3) is 0 Å². The van der Waals surface area contributed by atoms with Crippen LogP contribution in [0.25, 0.3) is 10.9 Å². The number of nitrogens with zero attached hydrogens (tertiary/aromatic N) is 3. The summed E-state index contributed by atoms with van der Waals surface area (Å²) < 4.78 is 2.09. The van der Waals surface area contributed by atoms with Crippen LogP contribution in [0.5, 0.6) is 0 Å². The number of rotatable bonds is 7. The first-order chi connectivity index (χ1) is 14.5. The highest BCUT2D eigenvalue weighted by Gasteiger charge is 2.25. The molecule has 3 N–H and O–H groups in total. The first kappa shape index (κ1) is 20.1. The number of aliphatic hydroxyl groups excluding tert-OH is 2. The standard InChI is InChI=1S/C24H26N4O2/c1-16(29)24(30)23(20-7-10-22-19(14-20)4-3-11-26-22)27-21-8-5-18(6-9-21)15-28-13-12-25-17(28)2/h3-14,16,23-24,27,29-30H,15H2,1-2H3/t16-,23+,24+/m0/s1. The van der Waals surface area contributed by atoms with Gasteiger partial charge in [0.2, 0.25) is 0 Å². The Bertz CT molecular complexity index is 1120. The Labute approximate surface area is 175 Å². The minimum Gasteiger partial charge on any atom is -0.391 e. The maximum Gasteiger partial charge on any atom is 0.105 e. The quantitative estimate of drug-likeness (QED) is 0.439. The zero-order valence-corrected chi connectivity index (χ0v) is 17.1. The number of anilines is 1. The minimum absolute atomic E-state index is 0.462. The molecule has 4 aromatic rings. The van der Waals surface area contributed by atoms with Crippen LogP contribution in [0, 0.1) is 6.92 Å². The van der Waals surface area contributed by atoms with Crippen LogP contribution < -0.4 is 5.32 Å². The molecule has 0 fully saturated rings. The van der Waals surface area contributed by atoms with Crippen molar-refractivity contribution in [3.05, 3.63) is 90.1 Å². The fourth-order valence-electron chi connectivity index (χ4n) is 3.59. The maximum atomic E-state index is 10.7. The highest BCUT2D eigenvalue weighted by molar-refractivity contribution is 5.79. The van der Waals surface area contributed by atoms with Gasteiger partial charge in [0, 0.05) is 36.2 Å². The van der Waals surface area contributed by atoms with Crippen LogP contribution in [0.2, 0.25) is 0 Å². The average Bonchev–Trinajstić information content (AvgIpc) is 3.16. The molecule has 0 aliphatic carbocycles. The summed E-state index contributed by atoms with van der Waals surface area (Å²) in [6, 6.07) is 17.4. The number of aromatic nitrogens is 3. The van der Waals surface area contributed by atoms with E-state index in [1.165, 1.54) is 0 Å². The lowest BCUT2D eigenvalue weighted by Crippen LogP contribution is -2.34. The van der Waals surface area contributed by atoms with Crippen LogP contribution >= 0.6 is 0 Å². The summed E-state index contributed by atoms with van der Waals surface area (Å²) in [6.07, 6.45) is 3.68. The first-order valence-electron chi connectivity index (χ1n) is 10.1. The lowest BCUT2D eigenvalue weighted by atomic mass is 9.96. The number of aryl methyl sites for hydroxylation is 1. The van der Waals surface area contributed by atoms with E-state index < -0.39 is 18.2 Å². The molecule has 0 bridgehead atoms. The van der Waals surface area contributed by atoms with E-state index in [0.717, 1.165) is 40.1 Å². The van der Waals surface area contributed by atoms with E-state index in [1.54, 1.807) is 19.3 Å². The minimum atomic E-state index is -0.965. The topological polar surface area (TPSA) is 83.2 Å². The fourth-order valence-corrected chi connectivity index (χ4v) is 3.59. The molecule has 2 heterocycles. The molecule has 3 atom stereocenters. The summed E-state index contributed by atoms with van der Waals surface area (Å²) in [5, 5.41) is 25.1. The molecule has 0 saturated heterocycles. The lowest BCUT2D eigenvalue weighted by molar-refractivity contribution is 0.0190. The normalized spacial score (nSPS) is 14.4. The number of fused-ring (bicyclic) bond motifs is 1. The second-order valence-electron chi connectivity index (χ2n) is 7.61. The van der Waals surface area contributed by atoms with Crippen molar-refractivity contribution >= 4 is 16.6 Å². The molecular weight excluding hydrogens is 376 g/mol. The lowest BCUT2D eigenvalue weighted by Gasteiger charge is -2.28. The average molecular weight is 402 g/mol. The van der Waals surface area contributed by atoms with E-state index in [-0.39, 0.29) is 0 Å². The molecule has 2 aromatic carbocycles. The van der Waals surface area contributed by atoms with Crippen LogP contribution in [-0.2, 0) is 6.54 Å². The number of nitrogens with one attached hydrogen (secondary N) is 1. The smallest absolute Gasteiger partial charge is 0.105 e. The number of pyridine rings is 1. The highest BCUT2D eigenvalue weighted by Crippen LogP contribution is 2.27. The number of imidazole rings is 1. The third kappa shape index (κ3) is 4.35. The van der Waals surface area contributed by atoms with Crippen LogP contribution in [0.1, 0.15) is 29.9 Å². The van der Waals surface area contributed by atoms with E-state index in [2.05, 4.69) is 32.0 Å². The number of hydrogen-bond acceptors (Lipinski definition) is 5. The molecule has 4 rings (SSSR count). The van der Waals surface area contributed by atoms with Gasteiger partial charge in [0.1, 0.15) is 11.9 Å². The maximum absolute atomic E-state index is 10.7. The molecule has 2 aromatic heterocycles. The summed E-state index contributed by atoms with van der Waals surface area (Å²) >= 11 is 0. The molecule has 30 heavy (non-hydrogen) atoms. The van der Waals surface area contributed by atoms with Crippen molar-refractivity contribution in [1.29, 1.82) is 0 Å². The van der Waals surface area contributed by atoms with E-state index in [0.29, 0.717) is 0 Å². The van der Waals surface area contributed by atoms with Crippen molar-refractivity contribution in [1.82, 2.24) is 14.5 Å². The number of hydrogen-bond donors (Lipinski definition) is 3. The van der Waals surface area contributed by atoms with Gasteiger partial charge in [-0.15, -0.1) is 0 Å². The molecule has 0 aliphatic heterocycles. The SMILES string of the molecule is Cc1nccn1Cc1ccc(N[C@H](c2ccc3ncccc3c2)[C@H](O)[C@H](C)O)cc1. The van der Waals surface area contributed by atoms with Crippen molar-refractivity contribution < 1.29 is 10.2 Å². The van der Waals surface area contributed by atoms with Gasteiger partial charge in [-0.3, -0.25) is 4.98 Å². The van der Waals surface area contributed by atoms with E-state index in [4.69, 9.17) is 0 Å². The largest absolute Gasteiger partial charge is 0.391 e. The Hall–Kier alpha value is -3.22. The Morgan fingerprint density at radius 1 is 1.00 bits per heavy atom. The predicted octanol–water partition coefficient (Wildman–Crippen LogP) is 3.68. The van der Waals surface area contributed by atoms with Crippen LogP contribution in [0.4, 0.5) is 5.69 Å². The van der Waals surface area contributed by atoms with Gasteiger partial charge in [-0.1, -0.05) is 24.3 Å². The Balaban J connectivity index is 1.57. The van der Waals surface area contributed by atoms with Crippen LogP contribution in [0.3, 0.4) is 0 Å². The van der Waals surface area contributed by atoms with Gasteiger partial charge in [-0.25, -0.2) is 4.98 Å². The third-order valence-electron chi connectivity index (χ3n) is 5.37. The molecule has 0 saturated carbocycles. The van der Waals surface area contributed by atoms with Gasteiger partial charge < -0.3 is 20.1 Å². The van der Waals surface area contributed by atoms with E-state index in [9.17, 15) is 10.2 Å². The van der Waals surface area contributed by atoms with Crippen molar-refractivity contribution in [3.8, 4) is 0 Å². The van der Waals surface area contributed by atoms with Crippen LogP contribution in [-0.4, -0.2) is 37.0 Å². The van der Waals surface area contributed by atoms with Crippen LogP contribution in [0.15, 0.2) is 73.2 Å². The highest BCUT2D eigenvalue weighted by atomic mass is 16.3. The summed E-state index contributed by atoms with van der Waals surface area (Å²) in [5.41, 5.74) is 3.82. The van der Waals surface area contributed by atoms with Gasteiger partial charge >= 0.3 is 0 Å². The Morgan fingerprint density at radius 2 is 1.80 bits per heavy atom. The third-order valence-corrected chi connectivity index (χ3v) is 5.37. The predicted molar refractivity (Wildman–Crippen MR) is 118 cm³/mol. The van der Waals surface area contributed by atoms with Crippen molar-refractivity contribution in [3.63, 3.8) is 0 Å². The molecule has 0 aliphatic rings. The molecule has 154 valence electrons. The summed E-state index contributed by atoms with van der Waals surface area (Å²) in [7, 11) is 0. The van der Waals surface area contributed by atoms with Crippen molar-refractivity contribution in [2.24, 2.45) is 0 Å². The second kappa shape index (κ2) is 8.65. The first-order valence-corrected chi connectivity index (χ1v) is 10.1. The molecule has 6 nitrogen and oxygen atoms in total. The molecule has 6 heteroatoms. The Kier molecular flexibility index (Phi) is 5.79. The van der Waals surface area contributed by atoms with Gasteiger partial charge in [-0.05, 0) is 55.3 Å². The van der Waals surface area contributed by atoms with E-state index >= 15 is 0 Å². The van der Waals surface area contributed by atoms with Crippen molar-refractivity contribution in [2.45, 2.75) is 38.6 Å². The van der Waals surface area contributed by atoms with Gasteiger partial charge in [0.15, 0.2) is 0 Å². The van der Waals surface area contributed by atoms with Gasteiger partial charge in [0.05, 0.1) is 17.7 Å². The fraction of sp³-hybridized carbons (Fsp3) is 0.250. The summed E-state index contributed by atoms with van der Waals surface area (Å²) in [5.74, 6) is 0.975. The second-order valence-corrected chi connectivity index (χ2v) is 7.61. The number of aliphatic hydroxyl groups is 2. The van der Waals surface area contributed by atoms with Gasteiger partial charge in [-0.2, -0.15) is 0 Å². The molecule has 0 spiro atoms. The molecule has 0 amide bonds.